The van der Waals surface area contributed by atoms with Crippen molar-refractivity contribution in [2.75, 3.05) is 6.61 Å². The van der Waals surface area contributed by atoms with E-state index in [1.165, 1.54) is 11.1 Å². The van der Waals surface area contributed by atoms with Crippen LogP contribution in [0, 0.1) is 13.8 Å². The number of rotatable bonds is 4. The van der Waals surface area contributed by atoms with Crippen molar-refractivity contribution in [2.24, 2.45) is 0 Å². The van der Waals surface area contributed by atoms with E-state index in [2.05, 4.69) is 38.5 Å². The van der Waals surface area contributed by atoms with Gasteiger partial charge in [0.2, 0.25) is 0 Å². The monoisotopic (exact) mass is 336 g/mol. The van der Waals surface area contributed by atoms with Gasteiger partial charge in [-0.2, -0.15) is 0 Å². The molecule has 0 bridgehead atoms. The van der Waals surface area contributed by atoms with E-state index in [0.29, 0.717) is 0 Å². The molecule has 2 heterocycles. The van der Waals surface area contributed by atoms with Crippen molar-refractivity contribution in [1.82, 2.24) is 10.5 Å². The Morgan fingerprint density at radius 2 is 2.15 bits per heavy atom. The maximum Gasteiger partial charge on any atom is 0.138 e. The highest BCUT2D eigenvalue weighted by molar-refractivity contribution is 9.10. The number of nitrogens with one attached hydrogen (secondary N) is 1. The number of hydrogen-bond donors (Lipinski definition) is 1. The van der Waals surface area contributed by atoms with Crippen molar-refractivity contribution in [2.45, 2.75) is 33.4 Å². The highest BCUT2D eigenvalue weighted by atomic mass is 79.9. The molecule has 0 amide bonds. The molecule has 0 spiro atoms. The van der Waals surface area contributed by atoms with Crippen molar-refractivity contribution in [3.05, 3.63) is 44.7 Å². The van der Waals surface area contributed by atoms with Gasteiger partial charge in [-0.25, -0.2) is 0 Å². The molecule has 3 rings (SSSR count). The fraction of sp³-hybridized carbons (Fsp3) is 0.400. The Labute approximate surface area is 126 Å². The zero-order chi connectivity index (χ0) is 14.1. The maximum atomic E-state index is 5.73. The Kier molecular flexibility index (Phi) is 3.81. The number of aromatic nitrogens is 1. The first-order chi connectivity index (χ1) is 9.65. The second kappa shape index (κ2) is 5.58. The lowest BCUT2D eigenvalue weighted by molar-refractivity contribution is 0.352. The first-order valence-electron chi connectivity index (χ1n) is 6.71. The topological polar surface area (TPSA) is 47.3 Å². The van der Waals surface area contributed by atoms with Crippen molar-refractivity contribution in [1.29, 1.82) is 0 Å². The fourth-order valence-electron chi connectivity index (χ4n) is 2.55. The standard InChI is InChI=1S/C15H17BrN2O2/c1-9-14(10(2)20-18-9)8-17-7-12-6-13(16)5-11-3-4-19-15(11)12/h5-6,17H,3-4,7-8H2,1-2H3. The van der Waals surface area contributed by atoms with E-state index in [1.54, 1.807) is 0 Å². The predicted molar refractivity (Wildman–Crippen MR) is 79.9 cm³/mol. The zero-order valence-corrected chi connectivity index (χ0v) is 13.2. The molecule has 0 fully saturated rings. The van der Waals surface area contributed by atoms with Crippen LogP contribution in [0.3, 0.4) is 0 Å². The van der Waals surface area contributed by atoms with Gasteiger partial charge in [-0.3, -0.25) is 0 Å². The smallest absolute Gasteiger partial charge is 0.138 e. The summed E-state index contributed by atoms with van der Waals surface area (Å²) in [6.45, 7) is 6.21. The van der Waals surface area contributed by atoms with Crippen molar-refractivity contribution < 1.29 is 9.26 Å². The predicted octanol–water partition coefficient (Wildman–Crippen LogP) is 3.28. The van der Waals surface area contributed by atoms with Crippen LogP contribution in [0.25, 0.3) is 0 Å². The molecule has 0 saturated heterocycles. The average molecular weight is 337 g/mol. The van der Waals surface area contributed by atoms with Gasteiger partial charge in [0.25, 0.3) is 0 Å². The second-order valence-electron chi connectivity index (χ2n) is 5.06. The summed E-state index contributed by atoms with van der Waals surface area (Å²) in [4.78, 5) is 0. The lowest BCUT2D eigenvalue weighted by Gasteiger charge is -2.10. The Morgan fingerprint density at radius 1 is 1.30 bits per heavy atom. The number of ether oxygens (including phenoxy) is 1. The molecule has 0 saturated carbocycles. The molecular weight excluding hydrogens is 320 g/mol. The van der Waals surface area contributed by atoms with Crippen LogP contribution >= 0.6 is 15.9 Å². The highest BCUT2D eigenvalue weighted by Gasteiger charge is 2.17. The molecule has 0 radical (unpaired) electrons. The summed E-state index contributed by atoms with van der Waals surface area (Å²) < 4.78 is 12.0. The third-order valence-corrected chi connectivity index (χ3v) is 4.08. The number of hydrogen-bond acceptors (Lipinski definition) is 4. The molecule has 2 aromatic rings. The molecule has 5 heteroatoms. The van der Waals surface area contributed by atoms with Crippen LogP contribution < -0.4 is 10.1 Å². The quantitative estimate of drug-likeness (QED) is 0.930. The first kappa shape index (κ1) is 13.6. The van der Waals surface area contributed by atoms with Crippen LogP contribution in [-0.4, -0.2) is 11.8 Å². The van der Waals surface area contributed by atoms with E-state index in [1.807, 2.05) is 13.8 Å². The van der Waals surface area contributed by atoms with Gasteiger partial charge in [-0.05, 0) is 31.5 Å². The van der Waals surface area contributed by atoms with Gasteiger partial charge in [0.05, 0.1) is 12.3 Å². The van der Waals surface area contributed by atoms with Crippen LogP contribution in [0.4, 0.5) is 0 Å². The molecule has 1 aromatic carbocycles. The molecule has 0 aliphatic carbocycles. The zero-order valence-electron chi connectivity index (χ0n) is 11.6. The summed E-state index contributed by atoms with van der Waals surface area (Å²) in [6, 6.07) is 4.25. The van der Waals surface area contributed by atoms with Crippen LogP contribution in [0.5, 0.6) is 5.75 Å². The lowest BCUT2D eigenvalue weighted by Crippen LogP contribution is -2.14. The van der Waals surface area contributed by atoms with E-state index < -0.39 is 0 Å². The van der Waals surface area contributed by atoms with Gasteiger partial charge < -0.3 is 14.6 Å². The number of fused-ring (bicyclic) bond motifs is 1. The fourth-order valence-corrected chi connectivity index (χ4v) is 3.11. The molecule has 0 atom stereocenters. The third kappa shape index (κ3) is 2.60. The summed E-state index contributed by atoms with van der Waals surface area (Å²) in [5, 5.41) is 7.41. The number of aryl methyl sites for hydroxylation is 2. The summed E-state index contributed by atoms with van der Waals surface area (Å²) in [7, 11) is 0. The Bertz CT molecular complexity index is 618. The van der Waals surface area contributed by atoms with Crippen LogP contribution in [0.15, 0.2) is 21.1 Å². The van der Waals surface area contributed by atoms with Gasteiger partial charge in [-0.1, -0.05) is 21.1 Å². The summed E-state index contributed by atoms with van der Waals surface area (Å²) in [5.41, 5.74) is 4.57. The van der Waals surface area contributed by atoms with E-state index in [4.69, 9.17) is 9.26 Å². The third-order valence-electron chi connectivity index (χ3n) is 3.62. The van der Waals surface area contributed by atoms with Crippen LogP contribution in [-0.2, 0) is 19.5 Å². The van der Waals surface area contributed by atoms with Gasteiger partial charge in [0.15, 0.2) is 0 Å². The van der Waals surface area contributed by atoms with Crippen LogP contribution in [0.1, 0.15) is 28.1 Å². The summed E-state index contributed by atoms with van der Waals surface area (Å²) in [6.07, 6.45) is 0.992. The molecule has 1 N–H and O–H groups in total. The second-order valence-corrected chi connectivity index (χ2v) is 5.97. The minimum absolute atomic E-state index is 0.752. The molecule has 0 unspecified atom stereocenters. The Balaban J connectivity index is 1.70. The number of nitrogens with zero attached hydrogens (tertiary/aromatic N) is 1. The van der Waals surface area contributed by atoms with Gasteiger partial charge >= 0.3 is 0 Å². The van der Waals surface area contributed by atoms with Crippen molar-refractivity contribution >= 4 is 15.9 Å². The number of halogens is 1. The van der Waals surface area contributed by atoms with Gasteiger partial charge in [0.1, 0.15) is 11.5 Å². The lowest BCUT2D eigenvalue weighted by atomic mass is 10.1. The maximum absolute atomic E-state index is 5.73. The van der Waals surface area contributed by atoms with Gasteiger partial charge in [-0.15, -0.1) is 0 Å². The Morgan fingerprint density at radius 3 is 2.90 bits per heavy atom. The van der Waals surface area contributed by atoms with E-state index in [-0.39, 0.29) is 0 Å². The van der Waals surface area contributed by atoms with E-state index >= 15 is 0 Å². The first-order valence-corrected chi connectivity index (χ1v) is 7.51. The summed E-state index contributed by atoms with van der Waals surface area (Å²) >= 11 is 3.56. The average Bonchev–Trinajstić information content (AvgIpc) is 2.99. The minimum Gasteiger partial charge on any atom is -0.493 e. The molecule has 1 aliphatic rings. The van der Waals surface area contributed by atoms with E-state index in [0.717, 1.165) is 53.4 Å². The van der Waals surface area contributed by atoms with Gasteiger partial charge in [0, 0.05) is 35.1 Å². The SMILES string of the molecule is Cc1noc(C)c1CNCc1cc(Br)cc2c1OCC2. The molecule has 106 valence electrons. The van der Waals surface area contributed by atoms with Crippen molar-refractivity contribution in [3.8, 4) is 5.75 Å². The molecule has 20 heavy (non-hydrogen) atoms. The minimum atomic E-state index is 0.752. The molecular formula is C15H17BrN2O2. The number of benzene rings is 1. The largest absolute Gasteiger partial charge is 0.493 e. The highest BCUT2D eigenvalue weighted by Crippen LogP contribution is 2.32. The normalized spacial score (nSPS) is 13.3. The summed E-state index contributed by atoms with van der Waals surface area (Å²) in [5.74, 6) is 1.92. The molecule has 1 aliphatic heterocycles. The van der Waals surface area contributed by atoms with Crippen molar-refractivity contribution in [3.63, 3.8) is 0 Å². The molecule has 4 nitrogen and oxygen atoms in total. The Hall–Kier alpha value is -1.33. The van der Waals surface area contributed by atoms with Crippen LogP contribution in [0.2, 0.25) is 0 Å². The van der Waals surface area contributed by atoms with E-state index in [9.17, 15) is 0 Å². The molecule has 1 aromatic heterocycles.